The van der Waals surface area contributed by atoms with Gasteiger partial charge in [0.05, 0.1) is 6.10 Å². The summed E-state index contributed by atoms with van der Waals surface area (Å²) in [6.45, 7) is 1.72. The molecule has 0 spiro atoms. The van der Waals surface area contributed by atoms with E-state index in [2.05, 4.69) is 0 Å². The fourth-order valence-corrected chi connectivity index (χ4v) is 1.06. The van der Waals surface area contributed by atoms with Gasteiger partial charge in [-0.3, -0.25) is 0 Å². The third kappa shape index (κ3) is 3.04. The molecular weight excluding hydrogens is 138 g/mol. The lowest BCUT2D eigenvalue weighted by molar-refractivity contribution is 0.106. The van der Waals surface area contributed by atoms with Crippen LogP contribution in [0.3, 0.4) is 0 Å². The Bertz CT molecular complexity index is 64.1. The molecule has 1 unspecified atom stereocenters. The molecule has 1 aliphatic rings. The number of hydrogen-bond donors (Lipinski definition) is 1. The molecule has 0 aromatic heterocycles. The first-order valence-corrected chi connectivity index (χ1v) is 3.25. The molecule has 3 heteroatoms. The Labute approximate surface area is 62.2 Å². The lowest BCUT2D eigenvalue weighted by atomic mass is 10.2. The summed E-state index contributed by atoms with van der Waals surface area (Å²) in [5, 5.41) is 0. The number of rotatable bonds is 2. The maximum Gasteiger partial charge on any atom is 0.0588 e. The molecule has 1 atom stereocenters. The lowest BCUT2D eigenvalue weighted by Gasteiger charge is -2.04. The van der Waals surface area contributed by atoms with Gasteiger partial charge in [-0.1, -0.05) is 0 Å². The highest BCUT2D eigenvalue weighted by molar-refractivity contribution is 5.85. The summed E-state index contributed by atoms with van der Waals surface area (Å²) in [6.07, 6.45) is 3.97. The molecule has 0 saturated carbocycles. The van der Waals surface area contributed by atoms with Crippen LogP contribution in [0, 0.1) is 0 Å². The van der Waals surface area contributed by atoms with Crippen molar-refractivity contribution in [2.75, 3.05) is 13.2 Å². The molecule has 1 heterocycles. The molecule has 0 radical (unpaired) electrons. The molecule has 1 fully saturated rings. The van der Waals surface area contributed by atoms with Crippen molar-refractivity contribution in [3.05, 3.63) is 0 Å². The Balaban J connectivity index is 0.000000640. The van der Waals surface area contributed by atoms with Gasteiger partial charge in [0.25, 0.3) is 0 Å². The van der Waals surface area contributed by atoms with E-state index in [1.807, 2.05) is 0 Å². The van der Waals surface area contributed by atoms with E-state index >= 15 is 0 Å². The van der Waals surface area contributed by atoms with Crippen LogP contribution < -0.4 is 5.73 Å². The maximum atomic E-state index is 5.33. The summed E-state index contributed by atoms with van der Waals surface area (Å²) in [4.78, 5) is 0. The second-order valence-electron chi connectivity index (χ2n) is 2.21. The standard InChI is InChI=1S/C6H13NO.ClH/c7-4-3-6-2-1-5-8-6;/h6H,1-5,7H2;1H. The first-order chi connectivity index (χ1) is 3.93. The Morgan fingerprint density at radius 2 is 2.33 bits per heavy atom. The second kappa shape index (κ2) is 5.03. The second-order valence-corrected chi connectivity index (χ2v) is 2.21. The number of ether oxygens (including phenoxy) is 1. The van der Waals surface area contributed by atoms with E-state index in [-0.39, 0.29) is 12.4 Å². The zero-order valence-corrected chi connectivity index (χ0v) is 6.32. The predicted octanol–water partition coefficient (Wildman–Crippen LogP) is 0.936. The molecule has 2 nitrogen and oxygen atoms in total. The lowest BCUT2D eigenvalue weighted by Crippen LogP contribution is -2.11. The van der Waals surface area contributed by atoms with Gasteiger partial charge < -0.3 is 10.5 Å². The topological polar surface area (TPSA) is 35.2 Å². The summed E-state index contributed by atoms with van der Waals surface area (Å²) >= 11 is 0. The van der Waals surface area contributed by atoms with E-state index in [4.69, 9.17) is 10.5 Å². The van der Waals surface area contributed by atoms with E-state index in [0.29, 0.717) is 6.10 Å². The minimum absolute atomic E-state index is 0. The Morgan fingerprint density at radius 1 is 1.56 bits per heavy atom. The fourth-order valence-electron chi connectivity index (χ4n) is 1.06. The van der Waals surface area contributed by atoms with Gasteiger partial charge >= 0.3 is 0 Å². The molecule has 56 valence electrons. The van der Waals surface area contributed by atoms with E-state index in [9.17, 15) is 0 Å². The van der Waals surface area contributed by atoms with Gasteiger partial charge in [-0.2, -0.15) is 0 Å². The molecule has 0 amide bonds. The summed E-state index contributed by atoms with van der Waals surface area (Å²) < 4.78 is 5.31. The minimum Gasteiger partial charge on any atom is -0.378 e. The Kier molecular flexibility index (Phi) is 5.15. The summed E-state index contributed by atoms with van der Waals surface area (Å²) in [5.74, 6) is 0. The molecule has 0 bridgehead atoms. The quantitative estimate of drug-likeness (QED) is 0.638. The molecule has 9 heavy (non-hydrogen) atoms. The number of nitrogens with two attached hydrogens (primary N) is 1. The van der Waals surface area contributed by atoms with E-state index < -0.39 is 0 Å². The van der Waals surface area contributed by atoms with Gasteiger partial charge in [-0.05, 0) is 25.8 Å². The van der Waals surface area contributed by atoms with Crippen molar-refractivity contribution in [1.82, 2.24) is 0 Å². The van der Waals surface area contributed by atoms with Crippen LogP contribution in [-0.4, -0.2) is 19.3 Å². The van der Waals surface area contributed by atoms with Crippen LogP contribution >= 0.6 is 12.4 Å². The van der Waals surface area contributed by atoms with Gasteiger partial charge in [-0.25, -0.2) is 0 Å². The molecule has 0 aromatic carbocycles. The highest BCUT2D eigenvalue weighted by Crippen LogP contribution is 2.13. The fraction of sp³-hybridized carbons (Fsp3) is 1.00. The zero-order chi connectivity index (χ0) is 5.82. The van der Waals surface area contributed by atoms with Gasteiger partial charge in [0.1, 0.15) is 0 Å². The molecular formula is C6H14ClNO. The van der Waals surface area contributed by atoms with Crippen molar-refractivity contribution in [1.29, 1.82) is 0 Å². The van der Waals surface area contributed by atoms with Gasteiger partial charge in [-0.15, -0.1) is 12.4 Å². The minimum atomic E-state index is 0. The van der Waals surface area contributed by atoms with Crippen molar-refractivity contribution >= 4 is 12.4 Å². The third-order valence-electron chi connectivity index (χ3n) is 1.51. The van der Waals surface area contributed by atoms with Crippen LogP contribution in [-0.2, 0) is 4.74 Å². The molecule has 2 N–H and O–H groups in total. The SMILES string of the molecule is Cl.NCCC1CCCO1. The van der Waals surface area contributed by atoms with Crippen LogP contribution in [0.4, 0.5) is 0 Å². The van der Waals surface area contributed by atoms with E-state index in [1.54, 1.807) is 0 Å². The summed E-state index contributed by atoms with van der Waals surface area (Å²) in [5.41, 5.74) is 5.33. The van der Waals surface area contributed by atoms with E-state index in [0.717, 1.165) is 19.6 Å². The van der Waals surface area contributed by atoms with Crippen molar-refractivity contribution in [2.45, 2.75) is 25.4 Å². The monoisotopic (exact) mass is 151 g/mol. The molecule has 1 saturated heterocycles. The number of hydrogen-bond acceptors (Lipinski definition) is 2. The molecule has 1 aliphatic heterocycles. The summed E-state index contributed by atoms with van der Waals surface area (Å²) in [7, 11) is 0. The predicted molar refractivity (Wildman–Crippen MR) is 39.9 cm³/mol. The normalized spacial score (nSPS) is 25.7. The first-order valence-electron chi connectivity index (χ1n) is 3.25. The molecule has 1 rings (SSSR count). The Morgan fingerprint density at radius 3 is 2.78 bits per heavy atom. The van der Waals surface area contributed by atoms with Crippen LogP contribution in [0.2, 0.25) is 0 Å². The van der Waals surface area contributed by atoms with E-state index in [1.165, 1.54) is 12.8 Å². The van der Waals surface area contributed by atoms with Gasteiger partial charge in [0.2, 0.25) is 0 Å². The van der Waals surface area contributed by atoms with Crippen LogP contribution in [0.5, 0.6) is 0 Å². The van der Waals surface area contributed by atoms with Crippen LogP contribution in [0.25, 0.3) is 0 Å². The highest BCUT2D eigenvalue weighted by Gasteiger charge is 2.13. The van der Waals surface area contributed by atoms with Crippen molar-refractivity contribution < 1.29 is 4.74 Å². The zero-order valence-electron chi connectivity index (χ0n) is 5.51. The molecule has 0 aliphatic carbocycles. The Hall–Kier alpha value is 0.210. The van der Waals surface area contributed by atoms with Crippen LogP contribution in [0.1, 0.15) is 19.3 Å². The average Bonchev–Trinajstić information content (AvgIpc) is 2.19. The van der Waals surface area contributed by atoms with Crippen molar-refractivity contribution in [2.24, 2.45) is 5.73 Å². The van der Waals surface area contributed by atoms with Gasteiger partial charge in [0.15, 0.2) is 0 Å². The van der Waals surface area contributed by atoms with Gasteiger partial charge in [0, 0.05) is 6.61 Å². The first kappa shape index (κ1) is 9.21. The third-order valence-corrected chi connectivity index (χ3v) is 1.51. The van der Waals surface area contributed by atoms with Crippen molar-refractivity contribution in [3.63, 3.8) is 0 Å². The van der Waals surface area contributed by atoms with Crippen LogP contribution in [0.15, 0.2) is 0 Å². The summed E-state index contributed by atoms with van der Waals surface area (Å²) in [6, 6.07) is 0. The maximum absolute atomic E-state index is 5.33. The largest absolute Gasteiger partial charge is 0.378 e. The van der Waals surface area contributed by atoms with Crippen molar-refractivity contribution in [3.8, 4) is 0 Å². The average molecular weight is 152 g/mol. The smallest absolute Gasteiger partial charge is 0.0588 e. The highest BCUT2D eigenvalue weighted by atomic mass is 35.5. The number of halogens is 1. The molecule has 0 aromatic rings.